The van der Waals surface area contributed by atoms with Crippen molar-refractivity contribution < 1.29 is 0 Å². The van der Waals surface area contributed by atoms with Gasteiger partial charge in [0.25, 0.3) is 0 Å². The fourth-order valence-corrected chi connectivity index (χ4v) is 1.51. The van der Waals surface area contributed by atoms with E-state index in [1.165, 1.54) is 0 Å². The van der Waals surface area contributed by atoms with E-state index in [0.29, 0.717) is 6.04 Å². The van der Waals surface area contributed by atoms with Gasteiger partial charge in [0, 0.05) is 19.3 Å². The number of likely N-dealkylation sites (tertiary alicyclic amines) is 1. The van der Waals surface area contributed by atoms with Crippen molar-refractivity contribution in [1.82, 2.24) is 15.1 Å². The molecule has 2 heterocycles. The summed E-state index contributed by atoms with van der Waals surface area (Å²) < 4.78 is 0. The summed E-state index contributed by atoms with van der Waals surface area (Å²) in [6, 6.07) is 4.39. The van der Waals surface area contributed by atoms with Crippen LogP contribution in [0.25, 0.3) is 0 Å². The zero-order valence-electron chi connectivity index (χ0n) is 7.77. The number of aromatic nitrogens is 2. The smallest absolute Gasteiger partial charge is 0.148 e. The molecular weight excluding hydrogens is 164 g/mol. The summed E-state index contributed by atoms with van der Waals surface area (Å²) in [5.74, 6) is 0.878. The van der Waals surface area contributed by atoms with E-state index in [0.717, 1.165) is 25.5 Å². The van der Waals surface area contributed by atoms with Crippen LogP contribution in [-0.4, -0.2) is 40.8 Å². The lowest BCUT2D eigenvalue weighted by Crippen LogP contribution is -2.54. The van der Waals surface area contributed by atoms with E-state index in [4.69, 9.17) is 0 Å². The van der Waals surface area contributed by atoms with Gasteiger partial charge in [0.05, 0.1) is 6.04 Å². The molecule has 0 saturated carbocycles. The minimum atomic E-state index is 0.552. The van der Waals surface area contributed by atoms with Gasteiger partial charge in [0.1, 0.15) is 5.82 Å². The quantitative estimate of drug-likeness (QED) is 0.735. The maximum Gasteiger partial charge on any atom is 0.148 e. The van der Waals surface area contributed by atoms with Gasteiger partial charge < -0.3 is 5.32 Å². The molecule has 0 unspecified atom stereocenters. The minimum Gasteiger partial charge on any atom is -0.363 e. The number of anilines is 1. The minimum absolute atomic E-state index is 0.552. The molecule has 1 aromatic rings. The van der Waals surface area contributed by atoms with E-state index in [2.05, 4.69) is 27.3 Å². The van der Waals surface area contributed by atoms with Crippen molar-refractivity contribution in [3.63, 3.8) is 0 Å². The first kappa shape index (κ1) is 8.44. The molecule has 0 aliphatic carbocycles. The van der Waals surface area contributed by atoms with Gasteiger partial charge in [-0.05, 0) is 18.7 Å². The summed E-state index contributed by atoms with van der Waals surface area (Å²) in [6.45, 7) is 5.55. The Morgan fingerprint density at radius 3 is 3.08 bits per heavy atom. The summed E-state index contributed by atoms with van der Waals surface area (Å²) in [6.07, 6.45) is 1.68. The Bertz CT molecular complexity index is 256. The normalized spacial score (nSPS) is 18.2. The van der Waals surface area contributed by atoms with Crippen molar-refractivity contribution in [3.05, 3.63) is 18.3 Å². The molecule has 1 N–H and O–H groups in total. The van der Waals surface area contributed by atoms with Gasteiger partial charge in [-0.2, -0.15) is 5.10 Å². The van der Waals surface area contributed by atoms with Crippen LogP contribution in [0.3, 0.4) is 0 Å². The molecule has 13 heavy (non-hydrogen) atoms. The molecule has 2 rings (SSSR count). The van der Waals surface area contributed by atoms with Gasteiger partial charge in [-0.25, -0.2) is 0 Å². The second-order valence-electron chi connectivity index (χ2n) is 3.30. The van der Waals surface area contributed by atoms with Gasteiger partial charge in [-0.15, -0.1) is 5.10 Å². The van der Waals surface area contributed by atoms with Gasteiger partial charge in [0.15, 0.2) is 0 Å². The molecular formula is C9H14N4. The van der Waals surface area contributed by atoms with Crippen LogP contribution in [0.5, 0.6) is 0 Å². The topological polar surface area (TPSA) is 41.0 Å². The van der Waals surface area contributed by atoms with Gasteiger partial charge >= 0.3 is 0 Å². The molecule has 70 valence electrons. The molecule has 4 nitrogen and oxygen atoms in total. The largest absolute Gasteiger partial charge is 0.363 e. The Kier molecular flexibility index (Phi) is 2.40. The first-order valence-electron chi connectivity index (χ1n) is 4.65. The van der Waals surface area contributed by atoms with Crippen molar-refractivity contribution >= 4 is 5.82 Å². The maximum absolute atomic E-state index is 3.97. The average molecular weight is 178 g/mol. The van der Waals surface area contributed by atoms with Crippen molar-refractivity contribution in [3.8, 4) is 0 Å². The predicted molar refractivity (Wildman–Crippen MR) is 51.6 cm³/mol. The van der Waals surface area contributed by atoms with Crippen LogP contribution in [0.4, 0.5) is 5.82 Å². The standard InChI is InChI=1S/C9H14N4/c1-2-13-6-8(7-13)11-9-4-3-5-10-12-9/h3-5,8H,2,6-7H2,1H3,(H,11,12). The number of hydrogen-bond acceptors (Lipinski definition) is 4. The maximum atomic E-state index is 3.97. The Morgan fingerprint density at radius 1 is 1.62 bits per heavy atom. The molecule has 0 amide bonds. The van der Waals surface area contributed by atoms with Crippen LogP contribution in [0.15, 0.2) is 18.3 Å². The molecule has 0 aromatic carbocycles. The first-order chi connectivity index (χ1) is 6.38. The number of hydrogen-bond donors (Lipinski definition) is 1. The highest BCUT2D eigenvalue weighted by Crippen LogP contribution is 2.11. The highest BCUT2D eigenvalue weighted by molar-refractivity contribution is 5.34. The average Bonchev–Trinajstić information content (AvgIpc) is 2.12. The number of nitrogens with zero attached hydrogens (tertiary/aromatic N) is 3. The zero-order valence-corrected chi connectivity index (χ0v) is 7.77. The Labute approximate surface area is 78.0 Å². The van der Waals surface area contributed by atoms with E-state index in [-0.39, 0.29) is 0 Å². The van der Waals surface area contributed by atoms with Gasteiger partial charge in [0.2, 0.25) is 0 Å². The molecule has 0 radical (unpaired) electrons. The van der Waals surface area contributed by atoms with Crippen LogP contribution >= 0.6 is 0 Å². The van der Waals surface area contributed by atoms with E-state index < -0.39 is 0 Å². The molecule has 1 saturated heterocycles. The summed E-state index contributed by atoms with van der Waals surface area (Å²) in [4.78, 5) is 2.38. The molecule has 0 bridgehead atoms. The van der Waals surface area contributed by atoms with E-state index in [1.54, 1.807) is 6.20 Å². The van der Waals surface area contributed by atoms with Crippen LogP contribution in [0.1, 0.15) is 6.92 Å². The number of likely N-dealkylation sites (N-methyl/N-ethyl adjacent to an activating group) is 1. The number of rotatable bonds is 3. The van der Waals surface area contributed by atoms with Gasteiger partial charge in [-0.3, -0.25) is 4.90 Å². The molecule has 1 aliphatic rings. The molecule has 0 spiro atoms. The summed E-state index contributed by atoms with van der Waals surface area (Å²) in [5.41, 5.74) is 0. The van der Waals surface area contributed by atoms with Crippen LogP contribution in [-0.2, 0) is 0 Å². The molecule has 1 aromatic heterocycles. The fourth-order valence-electron chi connectivity index (χ4n) is 1.51. The molecule has 1 fully saturated rings. The van der Waals surface area contributed by atoms with Crippen molar-refractivity contribution in [2.75, 3.05) is 25.0 Å². The van der Waals surface area contributed by atoms with Crippen molar-refractivity contribution in [1.29, 1.82) is 0 Å². The van der Waals surface area contributed by atoms with Crippen molar-refractivity contribution in [2.24, 2.45) is 0 Å². The summed E-state index contributed by atoms with van der Waals surface area (Å²) in [5, 5.41) is 11.1. The lowest BCUT2D eigenvalue weighted by Gasteiger charge is -2.38. The SMILES string of the molecule is CCN1CC(Nc2cccnn2)C1. The second-order valence-corrected chi connectivity index (χ2v) is 3.30. The first-order valence-corrected chi connectivity index (χ1v) is 4.65. The third-order valence-electron chi connectivity index (χ3n) is 2.33. The van der Waals surface area contributed by atoms with Crippen LogP contribution in [0, 0.1) is 0 Å². The summed E-state index contributed by atoms with van der Waals surface area (Å²) in [7, 11) is 0. The second kappa shape index (κ2) is 3.70. The highest BCUT2D eigenvalue weighted by Gasteiger charge is 2.24. The third-order valence-corrected chi connectivity index (χ3v) is 2.33. The molecule has 0 atom stereocenters. The third kappa shape index (κ3) is 1.95. The predicted octanol–water partition coefficient (Wildman–Crippen LogP) is 0.593. The lowest BCUT2D eigenvalue weighted by atomic mass is 10.1. The number of nitrogens with one attached hydrogen (secondary N) is 1. The van der Waals surface area contributed by atoms with Gasteiger partial charge in [-0.1, -0.05) is 6.92 Å². The van der Waals surface area contributed by atoms with E-state index >= 15 is 0 Å². The van der Waals surface area contributed by atoms with Crippen molar-refractivity contribution in [2.45, 2.75) is 13.0 Å². The Balaban J connectivity index is 1.81. The Hall–Kier alpha value is -1.16. The molecule has 4 heteroatoms. The van der Waals surface area contributed by atoms with Crippen LogP contribution in [0.2, 0.25) is 0 Å². The Morgan fingerprint density at radius 2 is 2.46 bits per heavy atom. The van der Waals surface area contributed by atoms with Crippen LogP contribution < -0.4 is 5.32 Å². The van der Waals surface area contributed by atoms with E-state index in [9.17, 15) is 0 Å². The zero-order chi connectivity index (χ0) is 9.10. The summed E-state index contributed by atoms with van der Waals surface area (Å²) >= 11 is 0. The fraction of sp³-hybridized carbons (Fsp3) is 0.556. The lowest BCUT2D eigenvalue weighted by molar-refractivity contribution is 0.171. The molecule has 1 aliphatic heterocycles. The highest BCUT2D eigenvalue weighted by atomic mass is 15.3. The monoisotopic (exact) mass is 178 g/mol. The van der Waals surface area contributed by atoms with E-state index in [1.807, 2.05) is 12.1 Å².